The first-order valence-corrected chi connectivity index (χ1v) is 8.56. The molecule has 0 radical (unpaired) electrons. The SMILES string of the molecule is C#CCNC(=NCc1ccc(OC)c(OC2CCCC2)c1)NCC.I. The van der Waals surface area contributed by atoms with E-state index in [1.54, 1.807) is 7.11 Å². The van der Waals surface area contributed by atoms with Crippen LogP contribution < -0.4 is 20.1 Å². The molecular weight excluding hydrogens is 429 g/mol. The Hall–Kier alpha value is -1.62. The first kappa shape index (κ1) is 21.4. The van der Waals surface area contributed by atoms with Crippen molar-refractivity contribution in [1.29, 1.82) is 0 Å². The van der Waals surface area contributed by atoms with E-state index in [9.17, 15) is 0 Å². The number of guanidine groups is 1. The van der Waals surface area contributed by atoms with Gasteiger partial charge >= 0.3 is 0 Å². The van der Waals surface area contributed by atoms with Crippen LogP contribution in [0.15, 0.2) is 23.2 Å². The molecule has 0 heterocycles. The Labute approximate surface area is 168 Å². The molecule has 25 heavy (non-hydrogen) atoms. The molecule has 138 valence electrons. The Morgan fingerprint density at radius 3 is 2.68 bits per heavy atom. The summed E-state index contributed by atoms with van der Waals surface area (Å²) < 4.78 is 11.5. The van der Waals surface area contributed by atoms with Crippen molar-refractivity contribution >= 4 is 29.9 Å². The van der Waals surface area contributed by atoms with Gasteiger partial charge in [0, 0.05) is 6.54 Å². The molecule has 0 bridgehead atoms. The van der Waals surface area contributed by atoms with Gasteiger partial charge in [-0.2, -0.15) is 0 Å². The summed E-state index contributed by atoms with van der Waals surface area (Å²) in [6, 6.07) is 5.97. The lowest BCUT2D eigenvalue weighted by molar-refractivity contribution is 0.200. The van der Waals surface area contributed by atoms with Gasteiger partial charge in [0.25, 0.3) is 0 Å². The topological polar surface area (TPSA) is 54.9 Å². The van der Waals surface area contributed by atoms with Crippen molar-refractivity contribution in [1.82, 2.24) is 10.6 Å². The first-order chi connectivity index (χ1) is 11.8. The van der Waals surface area contributed by atoms with Crippen LogP contribution >= 0.6 is 24.0 Å². The number of aliphatic imine (C=N–C) groups is 1. The van der Waals surface area contributed by atoms with Crippen LogP contribution in [0.5, 0.6) is 11.5 Å². The Kier molecular flexibility index (Phi) is 10.2. The van der Waals surface area contributed by atoms with E-state index in [0.717, 1.165) is 36.4 Å². The van der Waals surface area contributed by atoms with Gasteiger partial charge in [-0.1, -0.05) is 12.0 Å². The fourth-order valence-electron chi connectivity index (χ4n) is 2.74. The summed E-state index contributed by atoms with van der Waals surface area (Å²) in [6.45, 7) is 3.80. The zero-order valence-electron chi connectivity index (χ0n) is 15.0. The lowest BCUT2D eigenvalue weighted by Gasteiger charge is -2.16. The summed E-state index contributed by atoms with van der Waals surface area (Å²) in [5.41, 5.74) is 1.07. The van der Waals surface area contributed by atoms with Gasteiger partial charge in [-0.15, -0.1) is 30.4 Å². The third-order valence-corrected chi connectivity index (χ3v) is 3.95. The highest BCUT2D eigenvalue weighted by molar-refractivity contribution is 14.0. The third-order valence-electron chi connectivity index (χ3n) is 3.95. The molecule has 0 amide bonds. The molecule has 0 saturated heterocycles. The van der Waals surface area contributed by atoms with E-state index in [4.69, 9.17) is 15.9 Å². The summed E-state index contributed by atoms with van der Waals surface area (Å²) in [7, 11) is 1.67. The highest BCUT2D eigenvalue weighted by Gasteiger charge is 2.18. The van der Waals surface area contributed by atoms with Gasteiger partial charge < -0.3 is 20.1 Å². The number of rotatable bonds is 7. The molecule has 0 aromatic heterocycles. The van der Waals surface area contributed by atoms with E-state index >= 15 is 0 Å². The Balaban J connectivity index is 0.00000312. The van der Waals surface area contributed by atoms with Crippen molar-refractivity contribution in [3.05, 3.63) is 23.8 Å². The average molecular weight is 457 g/mol. The quantitative estimate of drug-likeness (QED) is 0.286. The molecule has 5 nitrogen and oxygen atoms in total. The minimum absolute atomic E-state index is 0. The number of terminal acetylenes is 1. The summed E-state index contributed by atoms with van der Waals surface area (Å²) in [6.07, 6.45) is 10.3. The minimum Gasteiger partial charge on any atom is -0.493 e. The Morgan fingerprint density at radius 2 is 2.04 bits per heavy atom. The molecule has 6 heteroatoms. The lowest BCUT2D eigenvalue weighted by atomic mass is 10.2. The van der Waals surface area contributed by atoms with Crippen molar-refractivity contribution in [2.75, 3.05) is 20.2 Å². The van der Waals surface area contributed by atoms with E-state index in [1.165, 1.54) is 12.8 Å². The molecule has 1 aromatic rings. The predicted molar refractivity (Wildman–Crippen MR) is 113 cm³/mol. The van der Waals surface area contributed by atoms with Gasteiger partial charge in [0.1, 0.15) is 0 Å². The number of nitrogens with zero attached hydrogens (tertiary/aromatic N) is 1. The smallest absolute Gasteiger partial charge is 0.192 e. The van der Waals surface area contributed by atoms with E-state index < -0.39 is 0 Å². The van der Waals surface area contributed by atoms with Crippen LogP contribution in [-0.2, 0) is 6.54 Å². The zero-order valence-corrected chi connectivity index (χ0v) is 17.3. The molecule has 1 saturated carbocycles. The summed E-state index contributed by atoms with van der Waals surface area (Å²) in [4.78, 5) is 4.55. The van der Waals surface area contributed by atoms with Crippen LogP contribution in [-0.4, -0.2) is 32.3 Å². The maximum atomic E-state index is 6.13. The second-order valence-electron chi connectivity index (χ2n) is 5.76. The van der Waals surface area contributed by atoms with E-state index in [2.05, 4.69) is 21.5 Å². The second-order valence-corrected chi connectivity index (χ2v) is 5.76. The van der Waals surface area contributed by atoms with Crippen molar-refractivity contribution in [3.63, 3.8) is 0 Å². The molecule has 0 spiro atoms. The van der Waals surface area contributed by atoms with Crippen molar-refractivity contribution < 1.29 is 9.47 Å². The number of ether oxygens (including phenoxy) is 2. The number of halogens is 1. The largest absolute Gasteiger partial charge is 0.493 e. The normalized spacial score (nSPS) is 14.4. The second kappa shape index (κ2) is 11.9. The number of methoxy groups -OCH3 is 1. The molecule has 1 aromatic carbocycles. The fourth-order valence-corrected chi connectivity index (χ4v) is 2.74. The lowest BCUT2D eigenvalue weighted by Crippen LogP contribution is -2.37. The van der Waals surface area contributed by atoms with Gasteiger partial charge in [0.05, 0.1) is 26.3 Å². The van der Waals surface area contributed by atoms with Crippen LogP contribution in [0, 0.1) is 12.3 Å². The van der Waals surface area contributed by atoms with Crippen LogP contribution in [0.1, 0.15) is 38.2 Å². The third kappa shape index (κ3) is 7.02. The Morgan fingerprint density at radius 1 is 1.28 bits per heavy atom. The molecule has 0 unspecified atom stereocenters. The molecule has 2 N–H and O–H groups in total. The van der Waals surface area contributed by atoms with Crippen molar-refractivity contribution in [3.8, 4) is 23.8 Å². The van der Waals surface area contributed by atoms with E-state index in [-0.39, 0.29) is 24.0 Å². The number of hydrogen-bond acceptors (Lipinski definition) is 3. The fraction of sp³-hybridized carbons (Fsp3) is 0.526. The zero-order chi connectivity index (χ0) is 17.2. The maximum absolute atomic E-state index is 6.13. The number of nitrogens with one attached hydrogen (secondary N) is 2. The summed E-state index contributed by atoms with van der Waals surface area (Å²) >= 11 is 0. The van der Waals surface area contributed by atoms with Crippen LogP contribution in [0.2, 0.25) is 0 Å². The molecule has 2 rings (SSSR count). The van der Waals surface area contributed by atoms with Gasteiger partial charge in [0.2, 0.25) is 0 Å². The van der Waals surface area contributed by atoms with Crippen molar-refractivity contribution in [2.24, 2.45) is 4.99 Å². The molecule has 0 aliphatic heterocycles. The standard InChI is InChI=1S/C19H27N3O2.HI/c1-4-12-21-19(20-5-2)22-14-15-10-11-17(23-3)18(13-15)24-16-8-6-7-9-16;/h1,10-11,13,16H,5-9,12,14H2,2-3H3,(H2,20,21,22);1H. The maximum Gasteiger partial charge on any atom is 0.192 e. The number of hydrogen-bond donors (Lipinski definition) is 2. The van der Waals surface area contributed by atoms with E-state index in [1.807, 2.05) is 25.1 Å². The van der Waals surface area contributed by atoms with E-state index in [0.29, 0.717) is 25.2 Å². The molecule has 1 aliphatic carbocycles. The molecule has 0 atom stereocenters. The highest BCUT2D eigenvalue weighted by atomic mass is 127. The van der Waals surface area contributed by atoms with Gasteiger partial charge in [0.15, 0.2) is 17.5 Å². The molecule has 1 fully saturated rings. The average Bonchev–Trinajstić information content (AvgIpc) is 3.10. The minimum atomic E-state index is 0. The first-order valence-electron chi connectivity index (χ1n) is 8.56. The van der Waals surface area contributed by atoms with Gasteiger partial charge in [-0.25, -0.2) is 4.99 Å². The number of benzene rings is 1. The van der Waals surface area contributed by atoms with Crippen LogP contribution in [0.4, 0.5) is 0 Å². The Bertz CT molecular complexity index is 593. The van der Waals surface area contributed by atoms with Crippen molar-refractivity contribution in [2.45, 2.75) is 45.3 Å². The molecule has 1 aliphatic rings. The molecular formula is C19H28IN3O2. The van der Waals surface area contributed by atoms with Gasteiger partial charge in [-0.3, -0.25) is 0 Å². The summed E-state index contributed by atoms with van der Waals surface area (Å²) in [5.74, 6) is 4.84. The van der Waals surface area contributed by atoms with Crippen LogP contribution in [0.3, 0.4) is 0 Å². The summed E-state index contributed by atoms with van der Waals surface area (Å²) in [5, 5.41) is 6.25. The van der Waals surface area contributed by atoms with Crippen LogP contribution in [0.25, 0.3) is 0 Å². The monoisotopic (exact) mass is 457 g/mol. The highest BCUT2D eigenvalue weighted by Crippen LogP contribution is 2.32. The van der Waals surface area contributed by atoms with Gasteiger partial charge in [-0.05, 0) is 50.3 Å². The predicted octanol–water partition coefficient (Wildman–Crippen LogP) is 3.32.